The molecule has 2 aliphatic heterocycles. The number of rotatable bonds is 6. The standard InChI is InChI=1S/C25H31N3O5/c1-15(2)18-5-7-19(8-6-18)26-25(29)24(27-12-16(3)9-17(4)13-27)20-10-22-23(33-14-32-22)11-21(20)28(30)31/h5-8,10-11,15-17,24H,9,12-14H2,1-4H3,(H,26,29)/t16-,17-,24-/m1/s1. The highest BCUT2D eigenvalue weighted by Gasteiger charge is 2.38. The fraction of sp³-hybridized carbons (Fsp3) is 0.480. The highest BCUT2D eigenvalue weighted by molar-refractivity contribution is 5.96. The molecule has 2 aromatic rings. The van der Waals surface area contributed by atoms with E-state index in [4.69, 9.17) is 9.47 Å². The first-order valence-electron chi connectivity index (χ1n) is 11.5. The van der Waals surface area contributed by atoms with Crippen molar-refractivity contribution < 1.29 is 19.2 Å². The van der Waals surface area contributed by atoms with E-state index in [0.29, 0.717) is 53.6 Å². The molecule has 1 fully saturated rings. The molecular formula is C25H31N3O5. The summed E-state index contributed by atoms with van der Waals surface area (Å²) in [4.78, 5) is 27.3. The molecule has 1 N–H and O–H groups in total. The Balaban J connectivity index is 1.73. The first-order valence-corrected chi connectivity index (χ1v) is 11.5. The minimum atomic E-state index is -0.824. The number of carbonyl (C=O) groups is 1. The van der Waals surface area contributed by atoms with Gasteiger partial charge in [-0.3, -0.25) is 19.8 Å². The van der Waals surface area contributed by atoms with Gasteiger partial charge in [0.25, 0.3) is 5.69 Å². The third-order valence-electron chi connectivity index (χ3n) is 6.37. The SMILES string of the molecule is CC(C)c1ccc(NC(=O)[C@@H](c2cc3c(cc2[N+](=O)[O-])OCO3)N2C[C@H](C)C[C@@H](C)C2)cc1. The summed E-state index contributed by atoms with van der Waals surface area (Å²) < 4.78 is 10.8. The molecule has 1 saturated heterocycles. The minimum Gasteiger partial charge on any atom is -0.454 e. The van der Waals surface area contributed by atoms with Crippen LogP contribution < -0.4 is 14.8 Å². The molecule has 0 saturated carbocycles. The van der Waals surface area contributed by atoms with Crippen LogP contribution in [-0.2, 0) is 4.79 Å². The number of nitro benzene ring substituents is 1. The number of fused-ring (bicyclic) bond motifs is 1. The van der Waals surface area contributed by atoms with Crippen molar-refractivity contribution in [2.45, 2.75) is 46.1 Å². The number of nitrogens with zero attached hydrogens (tertiary/aromatic N) is 2. The number of hydrogen-bond donors (Lipinski definition) is 1. The lowest BCUT2D eigenvalue weighted by Crippen LogP contribution is -2.45. The summed E-state index contributed by atoms with van der Waals surface area (Å²) in [7, 11) is 0. The van der Waals surface area contributed by atoms with Crippen LogP contribution in [0.4, 0.5) is 11.4 Å². The molecule has 3 atom stereocenters. The summed E-state index contributed by atoms with van der Waals surface area (Å²) in [5.41, 5.74) is 2.02. The van der Waals surface area contributed by atoms with Crippen molar-refractivity contribution in [2.24, 2.45) is 11.8 Å². The third kappa shape index (κ3) is 4.95. The van der Waals surface area contributed by atoms with Gasteiger partial charge in [0.2, 0.25) is 12.7 Å². The van der Waals surface area contributed by atoms with Gasteiger partial charge in [-0.15, -0.1) is 0 Å². The number of nitro groups is 1. The van der Waals surface area contributed by atoms with Gasteiger partial charge in [0, 0.05) is 18.8 Å². The lowest BCUT2D eigenvalue weighted by molar-refractivity contribution is -0.386. The second-order valence-corrected chi connectivity index (χ2v) is 9.59. The highest BCUT2D eigenvalue weighted by Crippen LogP contribution is 2.43. The first-order chi connectivity index (χ1) is 15.7. The van der Waals surface area contributed by atoms with E-state index < -0.39 is 11.0 Å². The Kier molecular flexibility index (Phi) is 6.56. The quantitative estimate of drug-likeness (QED) is 0.483. The number of anilines is 1. The molecule has 0 spiro atoms. The topological polar surface area (TPSA) is 93.9 Å². The molecular weight excluding hydrogens is 422 g/mol. The molecule has 0 radical (unpaired) electrons. The van der Waals surface area contributed by atoms with Crippen LogP contribution in [0, 0.1) is 22.0 Å². The molecule has 0 aromatic heterocycles. The zero-order valence-corrected chi connectivity index (χ0v) is 19.5. The maximum Gasteiger partial charge on any atom is 0.278 e. The Bertz CT molecular complexity index is 1030. The number of ether oxygens (including phenoxy) is 2. The lowest BCUT2D eigenvalue weighted by Gasteiger charge is -2.39. The molecule has 0 aliphatic carbocycles. The van der Waals surface area contributed by atoms with Gasteiger partial charge in [-0.1, -0.05) is 39.8 Å². The molecule has 0 bridgehead atoms. The molecule has 33 heavy (non-hydrogen) atoms. The van der Waals surface area contributed by atoms with Crippen molar-refractivity contribution in [3.63, 3.8) is 0 Å². The van der Waals surface area contributed by atoms with Crippen molar-refractivity contribution in [1.82, 2.24) is 4.90 Å². The summed E-state index contributed by atoms with van der Waals surface area (Å²) in [5, 5.41) is 15.0. The van der Waals surface area contributed by atoms with E-state index in [1.807, 2.05) is 24.3 Å². The zero-order valence-electron chi connectivity index (χ0n) is 19.5. The van der Waals surface area contributed by atoms with Crippen LogP contribution in [0.15, 0.2) is 36.4 Å². The number of amides is 1. The van der Waals surface area contributed by atoms with Gasteiger partial charge < -0.3 is 14.8 Å². The van der Waals surface area contributed by atoms with E-state index in [1.165, 1.54) is 11.6 Å². The summed E-state index contributed by atoms with van der Waals surface area (Å²) in [6.07, 6.45) is 1.06. The molecule has 8 heteroatoms. The van der Waals surface area contributed by atoms with Crippen molar-refractivity contribution in [3.8, 4) is 11.5 Å². The first kappa shape index (κ1) is 23.0. The maximum absolute atomic E-state index is 13.7. The van der Waals surface area contributed by atoms with Crippen LogP contribution in [0.3, 0.4) is 0 Å². The highest BCUT2D eigenvalue weighted by atomic mass is 16.7. The van der Waals surface area contributed by atoms with Gasteiger partial charge in [0.1, 0.15) is 6.04 Å². The van der Waals surface area contributed by atoms with E-state index in [1.54, 1.807) is 6.07 Å². The van der Waals surface area contributed by atoms with E-state index in [-0.39, 0.29) is 18.4 Å². The second-order valence-electron chi connectivity index (χ2n) is 9.59. The molecule has 1 amide bonds. The summed E-state index contributed by atoms with van der Waals surface area (Å²) in [6, 6.07) is 9.87. The molecule has 2 aromatic carbocycles. The fourth-order valence-corrected chi connectivity index (χ4v) is 4.91. The Morgan fingerprint density at radius 3 is 2.27 bits per heavy atom. The molecule has 8 nitrogen and oxygen atoms in total. The average molecular weight is 454 g/mol. The molecule has 176 valence electrons. The van der Waals surface area contributed by atoms with Crippen LogP contribution >= 0.6 is 0 Å². The van der Waals surface area contributed by atoms with E-state index in [9.17, 15) is 14.9 Å². The second kappa shape index (κ2) is 9.39. The van der Waals surface area contributed by atoms with Gasteiger partial charge in [-0.05, 0) is 47.9 Å². The predicted octanol–water partition coefficient (Wildman–Crippen LogP) is 5.10. The van der Waals surface area contributed by atoms with Crippen LogP contribution in [0.2, 0.25) is 0 Å². The summed E-state index contributed by atoms with van der Waals surface area (Å²) in [5.74, 6) is 1.60. The number of benzene rings is 2. The number of piperidine rings is 1. The van der Waals surface area contributed by atoms with E-state index in [2.05, 4.69) is 37.9 Å². The molecule has 2 aliphatic rings. The maximum atomic E-state index is 13.7. The predicted molar refractivity (Wildman–Crippen MR) is 126 cm³/mol. The van der Waals surface area contributed by atoms with Crippen LogP contribution in [0.1, 0.15) is 57.2 Å². The fourth-order valence-electron chi connectivity index (χ4n) is 4.91. The smallest absolute Gasteiger partial charge is 0.278 e. The van der Waals surface area contributed by atoms with Crippen molar-refractivity contribution in [3.05, 3.63) is 57.6 Å². The van der Waals surface area contributed by atoms with Gasteiger partial charge >= 0.3 is 0 Å². The van der Waals surface area contributed by atoms with Gasteiger partial charge in [-0.2, -0.15) is 0 Å². The Hall–Kier alpha value is -3.13. The normalized spacial score (nSPS) is 21.1. The number of likely N-dealkylation sites (tertiary alicyclic amines) is 1. The summed E-state index contributed by atoms with van der Waals surface area (Å²) in [6.45, 7) is 9.89. The van der Waals surface area contributed by atoms with Gasteiger partial charge in [0.05, 0.1) is 16.6 Å². The Morgan fingerprint density at radius 2 is 1.70 bits per heavy atom. The lowest BCUT2D eigenvalue weighted by atomic mass is 9.89. The van der Waals surface area contributed by atoms with Crippen molar-refractivity contribution in [2.75, 3.05) is 25.2 Å². The number of hydrogen-bond acceptors (Lipinski definition) is 6. The monoisotopic (exact) mass is 453 g/mol. The van der Waals surface area contributed by atoms with Crippen molar-refractivity contribution >= 4 is 17.3 Å². The Morgan fingerprint density at radius 1 is 1.09 bits per heavy atom. The number of nitrogens with one attached hydrogen (secondary N) is 1. The summed E-state index contributed by atoms with van der Waals surface area (Å²) >= 11 is 0. The van der Waals surface area contributed by atoms with Crippen LogP contribution in [0.25, 0.3) is 0 Å². The molecule has 2 heterocycles. The average Bonchev–Trinajstić information content (AvgIpc) is 3.20. The largest absolute Gasteiger partial charge is 0.454 e. The van der Waals surface area contributed by atoms with Crippen molar-refractivity contribution in [1.29, 1.82) is 0 Å². The van der Waals surface area contributed by atoms with Gasteiger partial charge in [0.15, 0.2) is 11.5 Å². The number of carbonyl (C=O) groups excluding carboxylic acids is 1. The van der Waals surface area contributed by atoms with Crippen LogP contribution in [-0.4, -0.2) is 35.6 Å². The van der Waals surface area contributed by atoms with E-state index >= 15 is 0 Å². The van der Waals surface area contributed by atoms with Crippen LogP contribution in [0.5, 0.6) is 11.5 Å². The zero-order chi connectivity index (χ0) is 23.7. The minimum absolute atomic E-state index is 0.00673. The third-order valence-corrected chi connectivity index (χ3v) is 6.37. The van der Waals surface area contributed by atoms with E-state index in [0.717, 1.165) is 6.42 Å². The van der Waals surface area contributed by atoms with Gasteiger partial charge in [-0.25, -0.2) is 0 Å². The Labute approximate surface area is 194 Å². The molecule has 0 unspecified atom stereocenters. The molecule has 4 rings (SSSR count).